The molecule has 0 spiro atoms. The molecule has 2 rings (SSSR count). The van der Waals surface area contributed by atoms with Gasteiger partial charge in [0.1, 0.15) is 0 Å². The quantitative estimate of drug-likeness (QED) is 0.893. The normalized spacial score (nSPS) is 20.6. The summed E-state index contributed by atoms with van der Waals surface area (Å²) < 4.78 is 0. The Morgan fingerprint density at radius 3 is 2.79 bits per heavy atom. The lowest BCUT2D eigenvalue weighted by Crippen LogP contribution is -2.47. The molecular formula is C17H28N2. The molecule has 0 bridgehead atoms. The number of piperidine rings is 1. The van der Waals surface area contributed by atoms with Crippen LogP contribution in [-0.4, -0.2) is 25.7 Å². The Labute approximate surface area is 118 Å². The number of hydrogen-bond acceptors (Lipinski definition) is 2. The molecule has 1 aromatic rings. The number of anilines is 1. The number of nitrogens with one attached hydrogen (secondary N) is 1. The largest absolute Gasteiger partial charge is 0.370 e. The van der Waals surface area contributed by atoms with Crippen LogP contribution in [0.15, 0.2) is 24.3 Å². The van der Waals surface area contributed by atoms with Crippen molar-refractivity contribution in [3.05, 3.63) is 29.8 Å². The average molecular weight is 260 g/mol. The van der Waals surface area contributed by atoms with E-state index in [9.17, 15) is 0 Å². The van der Waals surface area contributed by atoms with Gasteiger partial charge in [-0.1, -0.05) is 32.9 Å². The molecule has 1 N–H and O–H groups in total. The monoisotopic (exact) mass is 260 g/mol. The van der Waals surface area contributed by atoms with E-state index < -0.39 is 0 Å². The molecule has 0 aromatic heterocycles. The molecule has 1 fully saturated rings. The van der Waals surface area contributed by atoms with E-state index in [1.165, 1.54) is 30.6 Å². The molecular weight excluding hydrogens is 232 g/mol. The minimum Gasteiger partial charge on any atom is -0.370 e. The van der Waals surface area contributed by atoms with E-state index in [1.807, 2.05) is 0 Å². The topological polar surface area (TPSA) is 15.3 Å². The summed E-state index contributed by atoms with van der Waals surface area (Å²) in [4.78, 5) is 2.52. The van der Waals surface area contributed by atoms with E-state index >= 15 is 0 Å². The van der Waals surface area contributed by atoms with Crippen molar-refractivity contribution in [1.82, 2.24) is 5.32 Å². The second-order valence-electron chi connectivity index (χ2n) is 7.07. The van der Waals surface area contributed by atoms with Crippen molar-refractivity contribution in [1.29, 1.82) is 0 Å². The van der Waals surface area contributed by atoms with Crippen LogP contribution in [0.3, 0.4) is 0 Å². The zero-order valence-corrected chi connectivity index (χ0v) is 12.9. The molecule has 1 heterocycles. The molecule has 106 valence electrons. The third-order valence-corrected chi connectivity index (χ3v) is 3.71. The van der Waals surface area contributed by atoms with Crippen molar-refractivity contribution < 1.29 is 0 Å². The van der Waals surface area contributed by atoms with Gasteiger partial charge in [-0.15, -0.1) is 0 Å². The van der Waals surface area contributed by atoms with Crippen LogP contribution >= 0.6 is 0 Å². The van der Waals surface area contributed by atoms with Crippen molar-refractivity contribution in [2.24, 2.45) is 5.41 Å². The Balaban J connectivity index is 1.94. The predicted octanol–water partition coefficient (Wildman–Crippen LogP) is 3.60. The first-order valence-corrected chi connectivity index (χ1v) is 7.49. The van der Waals surface area contributed by atoms with Gasteiger partial charge in [-0.25, -0.2) is 0 Å². The van der Waals surface area contributed by atoms with Crippen LogP contribution in [0.5, 0.6) is 0 Å². The van der Waals surface area contributed by atoms with Gasteiger partial charge in [-0.2, -0.15) is 0 Å². The number of rotatable bonds is 3. The second kappa shape index (κ2) is 5.96. The first-order chi connectivity index (χ1) is 8.94. The van der Waals surface area contributed by atoms with E-state index in [0.717, 1.165) is 13.1 Å². The molecule has 0 radical (unpaired) electrons. The fraction of sp³-hybridized carbons (Fsp3) is 0.647. The van der Waals surface area contributed by atoms with Gasteiger partial charge in [0.15, 0.2) is 0 Å². The maximum absolute atomic E-state index is 3.73. The maximum Gasteiger partial charge on any atom is 0.0369 e. The Hall–Kier alpha value is -1.02. The first-order valence-electron chi connectivity index (χ1n) is 7.49. The van der Waals surface area contributed by atoms with Crippen molar-refractivity contribution in [3.8, 4) is 0 Å². The summed E-state index contributed by atoms with van der Waals surface area (Å²) in [6.45, 7) is 12.5. The lowest BCUT2D eigenvalue weighted by atomic mass is 9.95. The van der Waals surface area contributed by atoms with E-state index in [4.69, 9.17) is 0 Å². The second-order valence-corrected chi connectivity index (χ2v) is 7.07. The Morgan fingerprint density at radius 2 is 2.11 bits per heavy atom. The molecule has 2 nitrogen and oxygen atoms in total. The fourth-order valence-corrected chi connectivity index (χ4v) is 2.65. The molecule has 19 heavy (non-hydrogen) atoms. The van der Waals surface area contributed by atoms with E-state index in [1.54, 1.807) is 0 Å². The highest BCUT2D eigenvalue weighted by atomic mass is 15.2. The van der Waals surface area contributed by atoms with Crippen LogP contribution in [0.2, 0.25) is 0 Å². The molecule has 0 saturated carbocycles. The molecule has 1 unspecified atom stereocenters. The lowest BCUT2D eigenvalue weighted by Gasteiger charge is -2.36. The lowest BCUT2D eigenvalue weighted by molar-refractivity contribution is 0.328. The number of benzene rings is 1. The maximum atomic E-state index is 3.73. The summed E-state index contributed by atoms with van der Waals surface area (Å²) in [6, 6.07) is 9.50. The highest BCUT2D eigenvalue weighted by Gasteiger charge is 2.21. The Kier molecular flexibility index (Phi) is 4.51. The number of aryl methyl sites for hydroxylation is 1. The molecule has 0 aliphatic carbocycles. The zero-order chi connectivity index (χ0) is 13.9. The summed E-state index contributed by atoms with van der Waals surface area (Å²) in [5.41, 5.74) is 3.09. The van der Waals surface area contributed by atoms with E-state index in [2.05, 4.69) is 62.2 Å². The molecule has 2 heteroatoms. The van der Waals surface area contributed by atoms with Crippen LogP contribution < -0.4 is 10.2 Å². The van der Waals surface area contributed by atoms with Gasteiger partial charge in [0.05, 0.1) is 0 Å². The van der Waals surface area contributed by atoms with E-state index in [-0.39, 0.29) is 0 Å². The van der Waals surface area contributed by atoms with Gasteiger partial charge in [0.25, 0.3) is 0 Å². The van der Waals surface area contributed by atoms with E-state index in [0.29, 0.717) is 11.5 Å². The highest BCUT2D eigenvalue weighted by molar-refractivity contribution is 5.48. The molecule has 1 saturated heterocycles. The van der Waals surface area contributed by atoms with Gasteiger partial charge in [0, 0.05) is 31.4 Å². The van der Waals surface area contributed by atoms with Crippen LogP contribution in [-0.2, 0) is 0 Å². The summed E-state index contributed by atoms with van der Waals surface area (Å²) in [7, 11) is 0. The number of hydrogen-bond donors (Lipinski definition) is 1. The first kappa shape index (κ1) is 14.4. The van der Waals surface area contributed by atoms with Crippen molar-refractivity contribution >= 4 is 5.69 Å². The van der Waals surface area contributed by atoms with Gasteiger partial charge < -0.3 is 10.2 Å². The van der Waals surface area contributed by atoms with Crippen LogP contribution in [0.4, 0.5) is 5.69 Å². The van der Waals surface area contributed by atoms with Gasteiger partial charge >= 0.3 is 0 Å². The van der Waals surface area contributed by atoms with Gasteiger partial charge in [-0.3, -0.25) is 0 Å². The van der Waals surface area contributed by atoms with Crippen LogP contribution in [0.1, 0.15) is 39.2 Å². The minimum absolute atomic E-state index is 0.367. The molecule has 1 aliphatic heterocycles. The van der Waals surface area contributed by atoms with Crippen LogP contribution in [0.25, 0.3) is 0 Å². The van der Waals surface area contributed by atoms with Gasteiger partial charge in [0.2, 0.25) is 0 Å². The third-order valence-electron chi connectivity index (χ3n) is 3.71. The number of nitrogens with zero attached hydrogens (tertiary/aromatic N) is 1. The molecule has 1 atom stereocenters. The smallest absolute Gasteiger partial charge is 0.0369 e. The standard InChI is InChI=1S/C17H28N2/c1-14-7-5-9-16(11-14)19-10-6-8-15(12-19)18-13-17(2,3)4/h5,7,9,11,15,18H,6,8,10,12-13H2,1-4H3. The van der Waals surface area contributed by atoms with Crippen molar-refractivity contribution in [2.45, 2.75) is 46.6 Å². The summed E-state index contributed by atoms with van der Waals surface area (Å²) in [6.07, 6.45) is 2.59. The zero-order valence-electron chi connectivity index (χ0n) is 12.9. The SMILES string of the molecule is Cc1cccc(N2CCCC(NCC(C)(C)C)C2)c1. The Morgan fingerprint density at radius 1 is 1.32 bits per heavy atom. The molecule has 1 aliphatic rings. The fourth-order valence-electron chi connectivity index (χ4n) is 2.65. The summed E-state index contributed by atoms with van der Waals surface area (Å²) in [5, 5.41) is 3.73. The molecule has 0 amide bonds. The average Bonchev–Trinajstić information content (AvgIpc) is 2.36. The summed E-state index contributed by atoms with van der Waals surface area (Å²) >= 11 is 0. The van der Waals surface area contributed by atoms with Crippen molar-refractivity contribution in [3.63, 3.8) is 0 Å². The predicted molar refractivity (Wildman–Crippen MR) is 83.9 cm³/mol. The molecule has 1 aromatic carbocycles. The minimum atomic E-state index is 0.367. The Bertz CT molecular complexity index is 406. The van der Waals surface area contributed by atoms with Crippen molar-refractivity contribution in [2.75, 3.05) is 24.5 Å². The highest BCUT2D eigenvalue weighted by Crippen LogP contribution is 2.21. The third kappa shape index (κ3) is 4.54. The summed E-state index contributed by atoms with van der Waals surface area (Å²) in [5.74, 6) is 0. The van der Waals surface area contributed by atoms with Gasteiger partial charge in [-0.05, 0) is 42.9 Å². The van der Waals surface area contributed by atoms with Crippen LogP contribution in [0, 0.1) is 12.3 Å².